The van der Waals surface area contributed by atoms with Gasteiger partial charge in [0.05, 0.1) is 16.9 Å². The first kappa shape index (κ1) is 13.6. The molecule has 1 aromatic heterocycles. The molecule has 0 saturated carbocycles. The van der Waals surface area contributed by atoms with Crippen molar-refractivity contribution in [3.8, 4) is 0 Å². The summed E-state index contributed by atoms with van der Waals surface area (Å²) in [5.41, 5.74) is 1.02. The molecule has 0 fully saturated rings. The van der Waals surface area contributed by atoms with Gasteiger partial charge in [-0.05, 0) is 42.5 Å². The first-order valence-electron chi connectivity index (χ1n) is 6.79. The maximum atomic E-state index is 13.3. The van der Waals surface area contributed by atoms with Crippen LogP contribution in [-0.2, 0) is 18.6 Å². The van der Waals surface area contributed by atoms with Crippen molar-refractivity contribution in [3.63, 3.8) is 0 Å². The van der Waals surface area contributed by atoms with E-state index in [0.717, 1.165) is 17.5 Å². The Balaban J connectivity index is 2.14. The standard InChI is InChI=1S/C15H16ClFN2O/c1-2-7-19-14(13(16)9-18-19)15(20)6-5-10-8-11(17)3-4-12(10)15/h3-4,8-9,20H,2,5-7H2,1H3. The molecule has 3 rings (SSSR count). The lowest BCUT2D eigenvalue weighted by atomic mass is 9.92. The van der Waals surface area contributed by atoms with Crippen LogP contribution in [0.2, 0.25) is 5.02 Å². The average Bonchev–Trinajstić information content (AvgIpc) is 2.93. The van der Waals surface area contributed by atoms with Crippen LogP contribution in [0.5, 0.6) is 0 Å². The van der Waals surface area contributed by atoms with Gasteiger partial charge in [-0.15, -0.1) is 0 Å². The molecule has 3 nitrogen and oxygen atoms in total. The second-order valence-corrected chi connectivity index (χ2v) is 5.63. The summed E-state index contributed by atoms with van der Waals surface area (Å²) in [6.07, 6.45) is 3.60. The van der Waals surface area contributed by atoms with Gasteiger partial charge in [-0.25, -0.2) is 4.39 Å². The number of aryl methyl sites for hydroxylation is 2. The molecule has 1 aliphatic rings. The quantitative estimate of drug-likeness (QED) is 0.943. The second kappa shape index (κ2) is 4.86. The van der Waals surface area contributed by atoms with Crippen molar-refractivity contribution in [1.29, 1.82) is 0 Å². The Morgan fingerprint density at radius 2 is 2.30 bits per heavy atom. The molecule has 5 heteroatoms. The van der Waals surface area contributed by atoms with Crippen LogP contribution in [-0.4, -0.2) is 14.9 Å². The van der Waals surface area contributed by atoms with Crippen LogP contribution in [0.1, 0.15) is 36.6 Å². The van der Waals surface area contributed by atoms with Crippen molar-refractivity contribution in [3.05, 3.63) is 52.1 Å². The molecule has 1 aliphatic carbocycles. The maximum Gasteiger partial charge on any atom is 0.133 e. The first-order chi connectivity index (χ1) is 9.56. The highest BCUT2D eigenvalue weighted by Crippen LogP contribution is 2.44. The molecule has 1 aromatic carbocycles. The highest BCUT2D eigenvalue weighted by molar-refractivity contribution is 6.31. The van der Waals surface area contributed by atoms with E-state index in [9.17, 15) is 9.50 Å². The van der Waals surface area contributed by atoms with Gasteiger partial charge in [0, 0.05) is 6.54 Å². The van der Waals surface area contributed by atoms with Gasteiger partial charge in [-0.3, -0.25) is 4.68 Å². The smallest absolute Gasteiger partial charge is 0.133 e. The molecule has 2 aromatic rings. The minimum absolute atomic E-state index is 0.277. The average molecular weight is 295 g/mol. The van der Waals surface area contributed by atoms with Gasteiger partial charge in [0.2, 0.25) is 0 Å². The van der Waals surface area contributed by atoms with E-state index < -0.39 is 5.60 Å². The van der Waals surface area contributed by atoms with Crippen LogP contribution in [0.25, 0.3) is 0 Å². The number of hydrogen-bond donors (Lipinski definition) is 1. The van der Waals surface area contributed by atoms with Crippen LogP contribution >= 0.6 is 11.6 Å². The molecular formula is C15H16ClFN2O. The number of benzene rings is 1. The molecule has 0 aliphatic heterocycles. The minimum Gasteiger partial charge on any atom is -0.379 e. The summed E-state index contributed by atoms with van der Waals surface area (Å²) in [6, 6.07) is 4.52. The largest absolute Gasteiger partial charge is 0.379 e. The molecule has 1 unspecified atom stereocenters. The Labute approximate surface area is 122 Å². The molecule has 0 spiro atoms. The topological polar surface area (TPSA) is 38.0 Å². The number of aromatic nitrogens is 2. The van der Waals surface area contributed by atoms with Gasteiger partial charge in [0.15, 0.2) is 0 Å². The van der Waals surface area contributed by atoms with E-state index in [4.69, 9.17) is 11.6 Å². The summed E-state index contributed by atoms with van der Waals surface area (Å²) < 4.78 is 15.1. The number of rotatable bonds is 3. The number of nitrogens with zero attached hydrogens (tertiary/aromatic N) is 2. The third-order valence-electron chi connectivity index (χ3n) is 3.89. The van der Waals surface area contributed by atoms with E-state index in [-0.39, 0.29) is 5.82 Å². The van der Waals surface area contributed by atoms with Crippen molar-refractivity contribution in [1.82, 2.24) is 9.78 Å². The van der Waals surface area contributed by atoms with Crippen LogP contribution in [0.3, 0.4) is 0 Å². The first-order valence-corrected chi connectivity index (χ1v) is 7.17. The Bertz CT molecular complexity index is 655. The van der Waals surface area contributed by atoms with E-state index in [0.29, 0.717) is 30.1 Å². The summed E-state index contributed by atoms with van der Waals surface area (Å²) in [6.45, 7) is 2.74. The van der Waals surface area contributed by atoms with E-state index >= 15 is 0 Å². The molecule has 1 heterocycles. The SMILES string of the molecule is CCCn1ncc(Cl)c1C1(O)CCc2cc(F)ccc21. The van der Waals surface area contributed by atoms with E-state index in [1.165, 1.54) is 12.1 Å². The Kier molecular flexibility index (Phi) is 3.30. The third-order valence-corrected chi connectivity index (χ3v) is 4.17. The van der Waals surface area contributed by atoms with Crippen LogP contribution in [0, 0.1) is 5.82 Å². The highest BCUT2D eigenvalue weighted by atomic mass is 35.5. The van der Waals surface area contributed by atoms with Crippen LogP contribution in [0.15, 0.2) is 24.4 Å². The van der Waals surface area contributed by atoms with Gasteiger partial charge < -0.3 is 5.11 Å². The zero-order valence-electron chi connectivity index (χ0n) is 11.2. The van der Waals surface area contributed by atoms with Crippen molar-refractivity contribution in [2.24, 2.45) is 0 Å². The number of aliphatic hydroxyl groups is 1. The summed E-state index contributed by atoms with van der Waals surface area (Å²) in [4.78, 5) is 0. The van der Waals surface area contributed by atoms with Gasteiger partial charge in [-0.2, -0.15) is 5.10 Å². The number of fused-ring (bicyclic) bond motifs is 1. The minimum atomic E-state index is -1.17. The van der Waals surface area contributed by atoms with Gasteiger partial charge in [0.25, 0.3) is 0 Å². The summed E-state index contributed by atoms with van der Waals surface area (Å²) >= 11 is 6.23. The predicted molar refractivity (Wildman–Crippen MR) is 75.2 cm³/mol. The Hall–Kier alpha value is -1.39. The molecule has 0 radical (unpaired) electrons. The van der Waals surface area contributed by atoms with E-state index in [2.05, 4.69) is 5.10 Å². The lowest BCUT2D eigenvalue weighted by molar-refractivity contribution is 0.0727. The monoisotopic (exact) mass is 294 g/mol. The highest BCUT2D eigenvalue weighted by Gasteiger charge is 2.42. The van der Waals surface area contributed by atoms with Crippen molar-refractivity contribution < 1.29 is 9.50 Å². The van der Waals surface area contributed by atoms with Crippen molar-refractivity contribution in [2.45, 2.75) is 38.3 Å². The van der Waals surface area contributed by atoms with Gasteiger partial charge in [0.1, 0.15) is 11.4 Å². The van der Waals surface area contributed by atoms with Gasteiger partial charge in [-0.1, -0.05) is 24.6 Å². The van der Waals surface area contributed by atoms with E-state index in [1.54, 1.807) is 16.9 Å². The zero-order chi connectivity index (χ0) is 14.3. The maximum absolute atomic E-state index is 13.3. The summed E-state index contributed by atoms with van der Waals surface area (Å²) in [7, 11) is 0. The van der Waals surface area contributed by atoms with Crippen molar-refractivity contribution >= 4 is 11.6 Å². The Morgan fingerprint density at radius 1 is 1.50 bits per heavy atom. The second-order valence-electron chi connectivity index (χ2n) is 5.23. The molecule has 106 valence electrons. The normalized spacial score (nSPS) is 21.2. The van der Waals surface area contributed by atoms with E-state index in [1.807, 2.05) is 6.92 Å². The number of halogens is 2. The molecule has 0 saturated heterocycles. The lowest BCUT2D eigenvalue weighted by Gasteiger charge is -2.25. The molecular weight excluding hydrogens is 279 g/mol. The van der Waals surface area contributed by atoms with Crippen LogP contribution < -0.4 is 0 Å². The fourth-order valence-electron chi connectivity index (χ4n) is 3.02. The fourth-order valence-corrected chi connectivity index (χ4v) is 3.32. The van der Waals surface area contributed by atoms with Gasteiger partial charge >= 0.3 is 0 Å². The molecule has 20 heavy (non-hydrogen) atoms. The molecule has 1 atom stereocenters. The molecule has 0 amide bonds. The number of hydrogen-bond acceptors (Lipinski definition) is 2. The third kappa shape index (κ3) is 1.95. The zero-order valence-corrected chi connectivity index (χ0v) is 12.0. The molecule has 0 bridgehead atoms. The predicted octanol–water partition coefficient (Wildman–Crippen LogP) is 3.27. The summed E-state index contributed by atoms with van der Waals surface area (Å²) in [5.74, 6) is -0.277. The molecule has 1 N–H and O–H groups in total. The van der Waals surface area contributed by atoms with Crippen molar-refractivity contribution in [2.75, 3.05) is 0 Å². The summed E-state index contributed by atoms with van der Waals surface area (Å²) in [5, 5.41) is 15.8. The lowest BCUT2D eigenvalue weighted by Crippen LogP contribution is -2.28. The van der Waals surface area contributed by atoms with Crippen LogP contribution in [0.4, 0.5) is 4.39 Å². The Morgan fingerprint density at radius 3 is 3.05 bits per heavy atom. The fraction of sp³-hybridized carbons (Fsp3) is 0.400.